The number of ether oxygens (including phenoxy) is 3. The van der Waals surface area contributed by atoms with Crippen molar-refractivity contribution in [2.24, 2.45) is 11.8 Å². The average Bonchev–Trinajstić information content (AvgIpc) is 3.98. The van der Waals surface area contributed by atoms with Crippen molar-refractivity contribution in [1.29, 1.82) is 0 Å². The van der Waals surface area contributed by atoms with E-state index in [1.807, 2.05) is 152 Å². The highest BCUT2D eigenvalue weighted by Gasteiger charge is 2.43. The number of hydrogen-bond donors (Lipinski definition) is 2. The monoisotopic (exact) mass is 876 g/mol. The molecule has 2 amide bonds. The molecule has 330 valence electrons. The minimum Gasteiger partial charge on any atom is -0.467 e. The van der Waals surface area contributed by atoms with Crippen LogP contribution < -0.4 is 0 Å². The molecule has 5 aromatic carbocycles. The summed E-state index contributed by atoms with van der Waals surface area (Å²) in [6, 6.07) is 46.2. The zero-order chi connectivity index (χ0) is 45.1. The fourth-order valence-corrected chi connectivity index (χ4v) is 8.01. The normalized spacial score (nSPS) is 17.8. The van der Waals surface area contributed by atoms with Crippen LogP contribution in [0.5, 0.6) is 0 Å². The fourth-order valence-electron chi connectivity index (χ4n) is 7.76. The summed E-state index contributed by atoms with van der Waals surface area (Å²) in [7, 11) is 2.60. The van der Waals surface area contributed by atoms with Gasteiger partial charge in [-0.15, -0.1) is 0 Å². The molecule has 0 aliphatic carbocycles. The van der Waals surface area contributed by atoms with Gasteiger partial charge in [0.1, 0.15) is 18.7 Å². The molecule has 0 unspecified atom stereocenters. The number of likely N-dealkylation sites (tertiary alicyclic amines) is 2. The Hall–Kier alpha value is -6.34. The number of carbonyl (C=O) groups is 5. The number of benzene rings is 5. The molecule has 0 radical (unpaired) electrons. The van der Waals surface area contributed by atoms with E-state index in [9.17, 15) is 34.2 Å². The number of carbonyl (C=O) groups excluding carboxylic acids is 5. The van der Waals surface area contributed by atoms with Crippen LogP contribution in [-0.2, 0) is 40.0 Å². The Labute approximate surface area is 373 Å². The van der Waals surface area contributed by atoms with Gasteiger partial charge in [-0.2, -0.15) is 0 Å². The third-order valence-electron chi connectivity index (χ3n) is 11.0. The number of aliphatic hydroxyl groups is 2. The molecule has 63 heavy (non-hydrogen) atoms. The van der Waals surface area contributed by atoms with Crippen molar-refractivity contribution in [2.45, 2.75) is 43.4 Å². The van der Waals surface area contributed by atoms with Gasteiger partial charge < -0.3 is 29.3 Å². The predicted octanol–water partition coefficient (Wildman–Crippen LogP) is 6.96. The maximum Gasteiger partial charge on any atom is 0.410 e. The number of aliphatic hydroxyl groups excluding tert-OH is 2. The third-order valence-corrected chi connectivity index (χ3v) is 11.2. The minimum atomic E-state index is -0.685. The lowest BCUT2D eigenvalue weighted by Crippen LogP contribution is -2.43. The van der Waals surface area contributed by atoms with Gasteiger partial charge in [0.25, 0.3) is 0 Å². The molecular weight excluding hydrogens is 824 g/mol. The van der Waals surface area contributed by atoms with Gasteiger partial charge in [0.05, 0.1) is 26.1 Å². The number of halogens is 1. The second kappa shape index (κ2) is 24.3. The largest absolute Gasteiger partial charge is 0.467 e. The molecule has 0 spiro atoms. The molecule has 12 nitrogen and oxygen atoms in total. The molecule has 2 heterocycles. The Morgan fingerprint density at radius 2 is 0.905 bits per heavy atom. The van der Waals surface area contributed by atoms with Gasteiger partial charge in [0.2, 0.25) is 11.1 Å². The first kappa shape index (κ1) is 47.7. The van der Waals surface area contributed by atoms with Crippen molar-refractivity contribution >= 4 is 40.8 Å². The van der Waals surface area contributed by atoms with Gasteiger partial charge in [0.15, 0.2) is 0 Å². The highest BCUT2D eigenvalue weighted by molar-refractivity contribution is 6.65. The number of rotatable bonds is 12. The number of nitrogens with zero attached hydrogens (tertiary/aromatic N) is 2. The third kappa shape index (κ3) is 13.1. The molecule has 2 N–H and O–H groups in total. The molecule has 0 saturated carbocycles. The Kier molecular flexibility index (Phi) is 18.4. The van der Waals surface area contributed by atoms with E-state index >= 15 is 0 Å². The Balaban J connectivity index is 0.000000183. The van der Waals surface area contributed by atoms with Crippen LogP contribution in [0.25, 0.3) is 0 Å². The maximum absolute atomic E-state index is 13.5. The summed E-state index contributed by atoms with van der Waals surface area (Å²) in [4.78, 5) is 63.9. The van der Waals surface area contributed by atoms with Crippen LogP contribution in [0.1, 0.15) is 52.5 Å². The molecule has 2 aliphatic rings. The molecule has 7 rings (SSSR count). The van der Waals surface area contributed by atoms with Gasteiger partial charge in [-0.05, 0) is 52.3 Å². The van der Waals surface area contributed by atoms with Gasteiger partial charge in [-0.3, -0.25) is 14.5 Å². The molecule has 2 fully saturated rings. The van der Waals surface area contributed by atoms with Crippen molar-refractivity contribution < 1.29 is 48.4 Å². The zero-order valence-corrected chi connectivity index (χ0v) is 36.0. The SMILES string of the molecule is COC(=O)[C@@H]1C[C@H](CO)CN1C(=O)C(c1ccccc1)c1ccccc1.COC(=O)[C@@H]1C[C@H](CO)CN1C(=O)OCc1ccccc1.O=C(Cl)C(c1ccccc1)c1ccccc1. The summed E-state index contributed by atoms with van der Waals surface area (Å²) in [5.41, 5.74) is 4.47. The Morgan fingerprint density at radius 3 is 1.27 bits per heavy atom. The molecule has 0 aromatic heterocycles. The number of esters is 2. The van der Waals surface area contributed by atoms with E-state index < -0.39 is 36.0 Å². The van der Waals surface area contributed by atoms with Gasteiger partial charge >= 0.3 is 18.0 Å². The van der Waals surface area contributed by atoms with E-state index in [4.69, 9.17) is 25.8 Å². The summed E-state index contributed by atoms with van der Waals surface area (Å²) < 4.78 is 14.8. The summed E-state index contributed by atoms with van der Waals surface area (Å²) in [6.07, 6.45) is 0.250. The fraction of sp³-hybridized carbons (Fsp3) is 0.300. The van der Waals surface area contributed by atoms with Crippen LogP contribution in [0.3, 0.4) is 0 Å². The first-order chi connectivity index (χ1) is 30.6. The Morgan fingerprint density at radius 1 is 0.556 bits per heavy atom. The topological polar surface area (TPSA) is 160 Å². The lowest BCUT2D eigenvalue weighted by atomic mass is 9.90. The van der Waals surface area contributed by atoms with Crippen molar-refractivity contribution in [3.05, 3.63) is 179 Å². The second-order valence-corrected chi connectivity index (χ2v) is 15.5. The van der Waals surface area contributed by atoms with E-state index in [0.29, 0.717) is 25.9 Å². The van der Waals surface area contributed by atoms with Gasteiger partial charge in [-0.1, -0.05) is 152 Å². The predicted molar refractivity (Wildman–Crippen MR) is 237 cm³/mol. The van der Waals surface area contributed by atoms with Crippen LogP contribution >= 0.6 is 11.6 Å². The molecule has 13 heteroatoms. The number of hydrogen-bond acceptors (Lipinski definition) is 10. The van der Waals surface area contributed by atoms with Gasteiger partial charge in [0, 0.05) is 38.1 Å². The van der Waals surface area contributed by atoms with Crippen LogP contribution in [0.4, 0.5) is 4.79 Å². The maximum atomic E-state index is 13.5. The smallest absolute Gasteiger partial charge is 0.410 e. The number of amides is 2. The summed E-state index contributed by atoms with van der Waals surface area (Å²) in [6.45, 7) is 0.664. The number of methoxy groups -OCH3 is 2. The van der Waals surface area contributed by atoms with Crippen LogP contribution in [0, 0.1) is 11.8 Å². The first-order valence-electron chi connectivity index (χ1n) is 20.6. The van der Waals surface area contributed by atoms with E-state index in [2.05, 4.69) is 0 Å². The van der Waals surface area contributed by atoms with Crippen molar-refractivity contribution in [2.75, 3.05) is 40.5 Å². The van der Waals surface area contributed by atoms with Crippen molar-refractivity contribution in [3.63, 3.8) is 0 Å². The lowest BCUT2D eigenvalue weighted by molar-refractivity contribution is -0.151. The van der Waals surface area contributed by atoms with Crippen molar-refractivity contribution in [1.82, 2.24) is 9.80 Å². The van der Waals surface area contributed by atoms with Gasteiger partial charge in [-0.25, -0.2) is 14.4 Å². The highest BCUT2D eigenvalue weighted by atomic mass is 35.5. The first-order valence-corrected chi connectivity index (χ1v) is 21.0. The highest BCUT2D eigenvalue weighted by Crippen LogP contribution is 2.33. The van der Waals surface area contributed by atoms with E-state index in [-0.39, 0.29) is 48.7 Å². The molecule has 0 bridgehead atoms. The van der Waals surface area contributed by atoms with Crippen LogP contribution in [0.15, 0.2) is 152 Å². The standard InChI is InChI=1S/C21H23NO4.C15H19NO5.C14H11ClO/c1-26-21(25)18-12-15(14-23)13-22(18)20(24)19(16-8-4-2-5-9-16)17-10-6-3-7-11-17;1-20-14(18)13-7-12(9-17)8-16(13)15(19)21-10-11-5-3-2-4-6-11;15-14(16)13(11-7-3-1-4-8-11)12-9-5-2-6-10-12/h2-11,15,18-19,23H,12-14H2,1H3;2-6,12-13,17H,7-10H2,1H3;1-10,13H/t15-,18-;12-,13-;/m00./s1. The van der Waals surface area contributed by atoms with Crippen LogP contribution in [-0.4, -0.2) is 102 Å². The Bertz CT molecular complexity index is 2120. The zero-order valence-electron chi connectivity index (χ0n) is 35.3. The lowest BCUT2D eigenvalue weighted by Gasteiger charge is -2.28. The molecule has 5 aromatic rings. The molecule has 4 atom stereocenters. The summed E-state index contributed by atoms with van der Waals surface area (Å²) in [5, 5.41) is 18.4. The molecule has 2 saturated heterocycles. The quantitative estimate of drug-likeness (QED) is 0.0762. The summed E-state index contributed by atoms with van der Waals surface area (Å²) >= 11 is 5.67. The minimum absolute atomic E-state index is 0.0569. The van der Waals surface area contributed by atoms with E-state index in [1.54, 1.807) is 4.90 Å². The summed E-state index contributed by atoms with van der Waals surface area (Å²) in [5.74, 6) is -2.18. The van der Waals surface area contributed by atoms with E-state index in [1.165, 1.54) is 19.1 Å². The van der Waals surface area contributed by atoms with Crippen LogP contribution in [0.2, 0.25) is 0 Å². The van der Waals surface area contributed by atoms with E-state index in [0.717, 1.165) is 27.8 Å². The molecular formula is C50H53ClN2O10. The average molecular weight is 877 g/mol. The van der Waals surface area contributed by atoms with Crippen molar-refractivity contribution in [3.8, 4) is 0 Å². The molecule has 2 aliphatic heterocycles. The second-order valence-electron chi connectivity index (χ2n) is 15.1.